The first kappa shape index (κ1) is 14.6. The summed E-state index contributed by atoms with van der Waals surface area (Å²) in [5, 5.41) is 17.6. The number of aliphatic hydroxyl groups is 1. The van der Waals surface area contributed by atoms with Crippen LogP contribution in [0, 0.1) is 0 Å². The predicted octanol–water partition coefficient (Wildman–Crippen LogP) is 0.470. The predicted molar refractivity (Wildman–Crippen MR) is 77.5 cm³/mol. The summed E-state index contributed by atoms with van der Waals surface area (Å²) in [5.74, 6) is 0. The molecule has 1 aromatic rings. The van der Waals surface area contributed by atoms with E-state index in [9.17, 15) is 0 Å². The average Bonchev–Trinajstić information content (AvgIpc) is 2.70. The van der Waals surface area contributed by atoms with Crippen molar-refractivity contribution in [3.8, 4) is 0 Å². The summed E-state index contributed by atoms with van der Waals surface area (Å²) in [7, 11) is 0. The zero-order valence-electron chi connectivity index (χ0n) is 11.5. The van der Waals surface area contributed by atoms with Gasteiger partial charge < -0.3 is 10.4 Å². The van der Waals surface area contributed by atoms with Crippen LogP contribution in [0.5, 0.6) is 0 Å². The molecule has 0 saturated carbocycles. The van der Waals surface area contributed by atoms with Crippen molar-refractivity contribution < 1.29 is 5.11 Å². The molecule has 1 fully saturated rings. The van der Waals surface area contributed by atoms with Gasteiger partial charge in [-0.15, -0.1) is 5.10 Å². The van der Waals surface area contributed by atoms with Gasteiger partial charge in [-0.2, -0.15) is 0 Å². The minimum atomic E-state index is 0.251. The Hall–Kier alpha value is -0.760. The molecule has 0 bridgehead atoms. The topological polar surface area (TPSA) is 64.5 Å². The number of hydrogen-bond donors (Lipinski definition) is 2. The van der Waals surface area contributed by atoms with Crippen LogP contribution in [0.4, 0.5) is 5.00 Å². The molecular weight excluding hydrogens is 262 g/mol. The summed E-state index contributed by atoms with van der Waals surface area (Å²) in [6, 6.07) is 0. The lowest BCUT2D eigenvalue weighted by atomic mass is 10.3. The quantitative estimate of drug-likeness (QED) is 0.792. The van der Waals surface area contributed by atoms with Crippen LogP contribution in [0.25, 0.3) is 0 Å². The smallest absolute Gasteiger partial charge is 0.134 e. The van der Waals surface area contributed by atoms with Gasteiger partial charge in [-0.3, -0.25) is 9.80 Å². The summed E-state index contributed by atoms with van der Waals surface area (Å²) in [5.41, 5.74) is 1.06. The average molecular weight is 285 g/mol. The van der Waals surface area contributed by atoms with Crippen molar-refractivity contribution in [2.45, 2.75) is 19.9 Å². The van der Waals surface area contributed by atoms with E-state index in [0.29, 0.717) is 0 Å². The molecule has 0 aliphatic carbocycles. The minimum absolute atomic E-state index is 0.251. The maximum atomic E-state index is 9.00. The zero-order chi connectivity index (χ0) is 13.5. The van der Waals surface area contributed by atoms with Crippen molar-refractivity contribution in [2.24, 2.45) is 0 Å². The molecule has 1 saturated heterocycles. The fourth-order valence-electron chi connectivity index (χ4n) is 2.37. The van der Waals surface area contributed by atoms with Crippen molar-refractivity contribution >= 4 is 16.5 Å². The van der Waals surface area contributed by atoms with E-state index in [1.54, 1.807) is 0 Å². The van der Waals surface area contributed by atoms with Gasteiger partial charge in [0.1, 0.15) is 10.7 Å². The lowest BCUT2D eigenvalue weighted by Crippen LogP contribution is -2.32. The number of β-amino-alcohol motifs (C(OH)–C–C–N with tert-alkyl or cyclic N) is 1. The minimum Gasteiger partial charge on any atom is -0.395 e. The second-order valence-corrected chi connectivity index (χ2v) is 5.53. The van der Waals surface area contributed by atoms with Crippen molar-refractivity contribution in [2.75, 3.05) is 51.2 Å². The van der Waals surface area contributed by atoms with E-state index in [1.165, 1.54) is 11.5 Å². The Bertz CT molecular complexity index is 373. The van der Waals surface area contributed by atoms with Crippen LogP contribution in [-0.2, 0) is 6.54 Å². The van der Waals surface area contributed by atoms with Gasteiger partial charge in [0.2, 0.25) is 0 Å². The molecule has 0 atom stereocenters. The van der Waals surface area contributed by atoms with Crippen molar-refractivity contribution in [1.29, 1.82) is 0 Å². The molecule has 2 N–H and O–H groups in total. The summed E-state index contributed by atoms with van der Waals surface area (Å²) >= 11 is 1.43. The molecule has 0 amide bonds. The first-order chi connectivity index (χ1) is 9.33. The van der Waals surface area contributed by atoms with Gasteiger partial charge in [-0.1, -0.05) is 4.49 Å². The summed E-state index contributed by atoms with van der Waals surface area (Å²) in [4.78, 5) is 4.75. The van der Waals surface area contributed by atoms with Gasteiger partial charge in [-0.05, 0) is 26.4 Å². The van der Waals surface area contributed by atoms with Gasteiger partial charge in [0.05, 0.1) is 6.61 Å². The van der Waals surface area contributed by atoms with Gasteiger partial charge in [0.25, 0.3) is 0 Å². The van der Waals surface area contributed by atoms with E-state index < -0.39 is 0 Å². The molecule has 6 nitrogen and oxygen atoms in total. The highest BCUT2D eigenvalue weighted by Crippen LogP contribution is 2.19. The van der Waals surface area contributed by atoms with Gasteiger partial charge in [0.15, 0.2) is 0 Å². The van der Waals surface area contributed by atoms with Crippen molar-refractivity contribution in [3.05, 3.63) is 5.69 Å². The number of aromatic nitrogens is 2. The summed E-state index contributed by atoms with van der Waals surface area (Å²) in [6.07, 6.45) is 1.15. The van der Waals surface area contributed by atoms with Gasteiger partial charge in [0, 0.05) is 44.3 Å². The van der Waals surface area contributed by atoms with Crippen LogP contribution in [0.2, 0.25) is 0 Å². The Labute approximate surface area is 118 Å². The molecule has 2 heterocycles. The Morgan fingerprint density at radius 1 is 1.26 bits per heavy atom. The number of rotatable bonds is 6. The number of nitrogens with one attached hydrogen (secondary N) is 1. The standard InChI is InChI=1S/C12H23N5OS/c1-2-13-12-11(14-15-19-12)10-17-5-3-4-16(6-7-17)8-9-18/h13,18H,2-10H2,1H3. The molecule has 0 aromatic carbocycles. The highest BCUT2D eigenvalue weighted by Gasteiger charge is 2.17. The molecule has 1 aromatic heterocycles. The summed E-state index contributed by atoms with van der Waals surface area (Å²) in [6.45, 7) is 9.11. The van der Waals surface area contributed by atoms with E-state index in [0.717, 1.165) is 62.9 Å². The fraction of sp³-hybridized carbons (Fsp3) is 0.833. The molecule has 0 unspecified atom stereocenters. The zero-order valence-corrected chi connectivity index (χ0v) is 12.3. The normalized spacial score (nSPS) is 18.4. The molecule has 0 spiro atoms. The Balaban J connectivity index is 1.86. The van der Waals surface area contributed by atoms with Gasteiger partial charge >= 0.3 is 0 Å². The first-order valence-corrected chi connectivity index (χ1v) is 7.71. The fourth-order valence-corrected chi connectivity index (χ4v) is 3.01. The van der Waals surface area contributed by atoms with Crippen LogP contribution in [0.3, 0.4) is 0 Å². The van der Waals surface area contributed by atoms with E-state index in [2.05, 4.69) is 31.6 Å². The number of aliphatic hydroxyl groups excluding tert-OH is 1. The Morgan fingerprint density at radius 3 is 2.84 bits per heavy atom. The van der Waals surface area contributed by atoms with Gasteiger partial charge in [-0.25, -0.2) is 0 Å². The first-order valence-electron chi connectivity index (χ1n) is 6.94. The van der Waals surface area contributed by atoms with E-state index in [-0.39, 0.29) is 6.61 Å². The van der Waals surface area contributed by atoms with Crippen LogP contribution >= 0.6 is 11.5 Å². The number of hydrogen-bond acceptors (Lipinski definition) is 7. The number of anilines is 1. The van der Waals surface area contributed by atoms with Crippen LogP contribution in [0.15, 0.2) is 0 Å². The molecule has 0 radical (unpaired) electrons. The molecule has 7 heteroatoms. The molecule has 1 aliphatic rings. The molecule has 1 aliphatic heterocycles. The monoisotopic (exact) mass is 285 g/mol. The second kappa shape index (κ2) is 7.74. The van der Waals surface area contributed by atoms with Crippen LogP contribution < -0.4 is 5.32 Å². The van der Waals surface area contributed by atoms with E-state index >= 15 is 0 Å². The molecular formula is C12H23N5OS. The van der Waals surface area contributed by atoms with Crippen molar-refractivity contribution in [3.63, 3.8) is 0 Å². The van der Waals surface area contributed by atoms with E-state index in [1.807, 2.05) is 0 Å². The highest BCUT2D eigenvalue weighted by molar-refractivity contribution is 7.10. The third-order valence-electron chi connectivity index (χ3n) is 3.36. The number of nitrogens with zero attached hydrogens (tertiary/aromatic N) is 4. The maximum Gasteiger partial charge on any atom is 0.134 e. The Morgan fingerprint density at radius 2 is 2.05 bits per heavy atom. The Kier molecular flexibility index (Phi) is 5.96. The lowest BCUT2D eigenvalue weighted by molar-refractivity contribution is 0.195. The maximum absolute atomic E-state index is 9.00. The third kappa shape index (κ3) is 4.38. The molecule has 19 heavy (non-hydrogen) atoms. The highest BCUT2D eigenvalue weighted by atomic mass is 32.1. The largest absolute Gasteiger partial charge is 0.395 e. The third-order valence-corrected chi connectivity index (χ3v) is 4.09. The second-order valence-electron chi connectivity index (χ2n) is 4.77. The summed E-state index contributed by atoms with van der Waals surface area (Å²) < 4.78 is 4.03. The lowest BCUT2D eigenvalue weighted by Gasteiger charge is -2.20. The van der Waals surface area contributed by atoms with Crippen LogP contribution in [0.1, 0.15) is 19.0 Å². The molecule has 2 rings (SSSR count). The van der Waals surface area contributed by atoms with Crippen molar-refractivity contribution in [1.82, 2.24) is 19.4 Å². The SMILES string of the molecule is CCNc1snnc1CN1CCCN(CCO)CC1. The van der Waals surface area contributed by atoms with Crippen LogP contribution in [-0.4, -0.2) is 70.4 Å². The molecule has 108 valence electrons. The van der Waals surface area contributed by atoms with E-state index in [4.69, 9.17) is 5.11 Å².